The number of carbonyl (C=O) groups is 1. The Morgan fingerprint density at radius 2 is 1.92 bits per heavy atom. The minimum Gasteiger partial charge on any atom is -0.494 e. The number of aliphatic carboxylic acids is 1. The fourth-order valence-corrected chi connectivity index (χ4v) is 2.47. The minimum absolute atomic E-state index is 0.113. The molecule has 1 N–H and O–H groups in total. The van der Waals surface area contributed by atoms with Gasteiger partial charge in [0.05, 0.1) is 18.5 Å². The molecule has 0 bridgehead atoms. The van der Waals surface area contributed by atoms with Gasteiger partial charge in [-0.15, -0.1) is 0 Å². The van der Waals surface area contributed by atoms with E-state index in [4.69, 9.17) is 9.84 Å². The molecule has 0 atom stereocenters. The van der Waals surface area contributed by atoms with Gasteiger partial charge in [-0.05, 0) is 29.8 Å². The molecule has 6 heteroatoms. The normalized spacial score (nSPS) is 10.6. The predicted octanol–water partition coefficient (Wildman–Crippen LogP) is 3.45. The van der Waals surface area contributed by atoms with Crippen LogP contribution in [0.4, 0.5) is 4.39 Å². The van der Waals surface area contributed by atoms with Gasteiger partial charge in [-0.25, -0.2) is 4.39 Å². The Morgan fingerprint density at radius 3 is 2.58 bits per heavy atom. The average Bonchev–Trinajstić information content (AvgIpc) is 2.99. The molecule has 5 nitrogen and oxygen atoms in total. The maximum atomic E-state index is 13.6. The van der Waals surface area contributed by atoms with Gasteiger partial charge in [-0.3, -0.25) is 9.48 Å². The largest absolute Gasteiger partial charge is 0.494 e. The summed E-state index contributed by atoms with van der Waals surface area (Å²) in [7, 11) is 1.39. The molecule has 0 radical (unpaired) electrons. The van der Waals surface area contributed by atoms with Crippen LogP contribution in [0.15, 0.2) is 54.6 Å². The monoisotopic (exact) mass is 326 g/mol. The zero-order valence-corrected chi connectivity index (χ0v) is 12.9. The van der Waals surface area contributed by atoms with Crippen molar-refractivity contribution in [2.45, 2.75) is 6.54 Å². The summed E-state index contributed by atoms with van der Waals surface area (Å²) in [6.45, 7) is -0.261. The molecule has 1 aromatic heterocycles. The Bertz CT molecular complexity index is 875. The number of rotatable bonds is 5. The molecule has 24 heavy (non-hydrogen) atoms. The van der Waals surface area contributed by atoms with Crippen molar-refractivity contribution in [2.24, 2.45) is 0 Å². The minimum atomic E-state index is -0.987. The lowest BCUT2D eigenvalue weighted by molar-refractivity contribution is -0.137. The summed E-state index contributed by atoms with van der Waals surface area (Å²) in [4.78, 5) is 11.1. The molecule has 2 aromatic carbocycles. The molecule has 0 unspecified atom stereocenters. The van der Waals surface area contributed by atoms with Crippen molar-refractivity contribution < 1.29 is 19.0 Å². The van der Waals surface area contributed by atoms with Crippen molar-refractivity contribution in [3.8, 4) is 28.3 Å². The van der Waals surface area contributed by atoms with Gasteiger partial charge in [0.15, 0.2) is 11.6 Å². The summed E-state index contributed by atoms with van der Waals surface area (Å²) in [6.07, 6.45) is 0. The quantitative estimate of drug-likeness (QED) is 0.780. The molecule has 0 amide bonds. The van der Waals surface area contributed by atoms with Crippen LogP contribution in [0.3, 0.4) is 0 Å². The molecule has 3 rings (SSSR count). The Hall–Kier alpha value is -3.15. The van der Waals surface area contributed by atoms with E-state index in [-0.39, 0.29) is 12.3 Å². The van der Waals surface area contributed by atoms with Crippen LogP contribution in [0, 0.1) is 5.82 Å². The summed E-state index contributed by atoms with van der Waals surface area (Å²) in [5, 5.41) is 13.5. The molecule has 1 heterocycles. The van der Waals surface area contributed by atoms with E-state index in [1.807, 2.05) is 30.3 Å². The zero-order valence-electron chi connectivity index (χ0n) is 12.9. The first kappa shape index (κ1) is 15.7. The van der Waals surface area contributed by atoms with E-state index >= 15 is 0 Å². The van der Waals surface area contributed by atoms with Crippen LogP contribution < -0.4 is 4.74 Å². The van der Waals surface area contributed by atoms with Crippen molar-refractivity contribution in [3.05, 3.63) is 60.4 Å². The van der Waals surface area contributed by atoms with Crippen molar-refractivity contribution in [2.75, 3.05) is 7.11 Å². The second kappa shape index (κ2) is 6.54. The number of methoxy groups -OCH3 is 1. The number of hydrogen-bond donors (Lipinski definition) is 1. The highest BCUT2D eigenvalue weighted by atomic mass is 19.1. The second-order valence-corrected chi connectivity index (χ2v) is 5.18. The van der Waals surface area contributed by atoms with E-state index in [9.17, 15) is 9.18 Å². The van der Waals surface area contributed by atoms with Crippen molar-refractivity contribution in [1.82, 2.24) is 9.78 Å². The summed E-state index contributed by atoms with van der Waals surface area (Å²) >= 11 is 0. The maximum absolute atomic E-state index is 13.6. The van der Waals surface area contributed by atoms with E-state index in [0.29, 0.717) is 17.0 Å². The molecule has 0 aliphatic carbocycles. The van der Waals surface area contributed by atoms with Gasteiger partial charge in [-0.2, -0.15) is 5.10 Å². The second-order valence-electron chi connectivity index (χ2n) is 5.18. The Morgan fingerprint density at radius 1 is 1.17 bits per heavy atom. The topological polar surface area (TPSA) is 64.3 Å². The number of ether oxygens (including phenoxy) is 1. The third-order valence-corrected chi connectivity index (χ3v) is 3.58. The van der Waals surface area contributed by atoms with Gasteiger partial charge >= 0.3 is 5.97 Å². The third-order valence-electron chi connectivity index (χ3n) is 3.58. The van der Waals surface area contributed by atoms with Crippen LogP contribution in [0.25, 0.3) is 22.5 Å². The third kappa shape index (κ3) is 3.12. The molecular formula is C18H15FN2O3. The molecular weight excluding hydrogens is 311 g/mol. The van der Waals surface area contributed by atoms with Gasteiger partial charge in [-0.1, -0.05) is 30.3 Å². The lowest BCUT2D eigenvalue weighted by atomic mass is 10.1. The number of hydrogen-bond acceptors (Lipinski definition) is 3. The highest BCUT2D eigenvalue weighted by Crippen LogP contribution is 2.29. The number of aromatic nitrogens is 2. The van der Waals surface area contributed by atoms with Crippen LogP contribution in [0.1, 0.15) is 0 Å². The molecule has 0 spiro atoms. The van der Waals surface area contributed by atoms with Crippen LogP contribution in [-0.2, 0) is 11.3 Å². The summed E-state index contributed by atoms with van der Waals surface area (Å²) in [6, 6.07) is 15.6. The average molecular weight is 326 g/mol. The van der Waals surface area contributed by atoms with Gasteiger partial charge in [0.25, 0.3) is 0 Å². The number of benzene rings is 2. The first-order valence-corrected chi connectivity index (χ1v) is 7.27. The smallest absolute Gasteiger partial charge is 0.325 e. The first-order chi connectivity index (χ1) is 11.6. The maximum Gasteiger partial charge on any atom is 0.325 e. The Balaban J connectivity index is 2.10. The van der Waals surface area contributed by atoms with E-state index in [2.05, 4.69) is 5.10 Å². The lowest BCUT2D eigenvalue weighted by Crippen LogP contribution is -2.11. The van der Waals surface area contributed by atoms with Gasteiger partial charge in [0, 0.05) is 5.56 Å². The zero-order chi connectivity index (χ0) is 17.1. The molecule has 122 valence electrons. The molecule has 0 saturated heterocycles. The van der Waals surface area contributed by atoms with E-state index in [1.54, 1.807) is 12.1 Å². The standard InChI is InChI=1S/C18H15FN2O3/c1-24-17-9-13(7-8-14(17)19)15-10-16(12-5-3-2-4-6-12)21(20-15)11-18(22)23/h2-10H,11H2,1H3,(H,22,23). The summed E-state index contributed by atoms with van der Waals surface area (Å²) in [5.74, 6) is -1.34. The molecule has 0 aliphatic heterocycles. The van der Waals surface area contributed by atoms with Gasteiger partial charge in [0.1, 0.15) is 6.54 Å². The van der Waals surface area contributed by atoms with Crippen molar-refractivity contribution in [3.63, 3.8) is 0 Å². The van der Waals surface area contributed by atoms with Crippen molar-refractivity contribution in [1.29, 1.82) is 0 Å². The fourth-order valence-electron chi connectivity index (χ4n) is 2.47. The SMILES string of the molecule is COc1cc(-c2cc(-c3ccccc3)n(CC(=O)O)n2)ccc1F. The van der Waals surface area contributed by atoms with Gasteiger partial charge < -0.3 is 9.84 Å². The fraction of sp³-hybridized carbons (Fsp3) is 0.111. The molecule has 0 aliphatic rings. The Labute approximate surface area is 137 Å². The number of nitrogens with zero attached hydrogens (tertiary/aromatic N) is 2. The summed E-state index contributed by atoms with van der Waals surface area (Å²) in [5.41, 5.74) is 2.73. The molecule has 0 fully saturated rings. The van der Waals surface area contributed by atoms with Crippen LogP contribution in [0.2, 0.25) is 0 Å². The van der Waals surface area contributed by atoms with E-state index < -0.39 is 11.8 Å². The highest BCUT2D eigenvalue weighted by molar-refractivity contribution is 5.72. The van der Waals surface area contributed by atoms with Crippen LogP contribution >= 0.6 is 0 Å². The van der Waals surface area contributed by atoms with Crippen LogP contribution in [0.5, 0.6) is 5.75 Å². The number of halogens is 1. The molecule has 0 saturated carbocycles. The van der Waals surface area contributed by atoms with Crippen LogP contribution in [-0.4, -0.2) is 28.0 Å². The first-order valence-electron chi connectivity index (χ1n) is 7.27. The van der Waals surface area contributed by atoms with Crippen molar-refractivity contribution >= 4 is 5.97 Å². The van der Waals surface area contributed by atoms with E-state index in [1.165, 1.54) is 23.9 Å². The predicted molar refractivity (Wildman–Crippen MR) is 87.2 cm³/mol. The number of carboxylic acid groups (broad SMARTS) is 1. The summed E-state index contributed by atoms with van der Waals surface area (Å²) < 4.78 is 20.0. The molecule has 3 aromatic rings. The van der Waals surface area contributed by atoms with E-state index in [0.717, 1.165) is 5.56 Å². The highest BCUT2D eigenvalue weighted by Gasteiger charge is 2.15. The number of carboxylic acids is 1. The Kier molecular flexibility index (Phi) is 4.29. The lowest BCUT2D eigenvalue weighted by Gasteiger charge is -2.04. The van der Waals surface area contributed by atoms with Gasteiger partial charge in [0.2, 0.25) is 0 Å².